The minimum absolute atomic E-state index is 0.0642. The zero-order chi connectivity index (χ0) is 15.0. The molecular weight excluding hydrogens is 334 g/mol. The molecule has 2 N–H and O–H groups in total. The molecule has 21 heavy (non-hydrogen) atoms. The molecular formula is C14H16BrN5O. The van der Waals surface area contributed by atoms with E-state index < -0.39 is 0 Å². The van der Waals surface area contributed by atoms with E-state index in [0.717, 1.165) is 22.3 Å². The maximum Gasteiger partial charge on any atom is 0.276 e. The maximum atomic E-state index is 12.5. The highest BCUT2D eigenvalue weighted by atomic mass is 79.9. The van der Waals surface area contributed by atoms with Crippen molar-refractivity contribution in [1.82, 2.24) is 19.9 Å². The number of nitrogens with zero attached hydrogens (tertiary/aromatic N) is 4. The largest absolute Gasteiger partial charge is 0.336 e. The number of likely N-dealkylation sites (tertiary alicyclic amines) is 1. The Morgan fingerprint density at radius 1 is 1.48 bits per heavy atom. The summed E-state index contributed by atoms with van der Waals surface area (Å²) in [6.45, 7) is 3.12. The van der Waals surface area contributed by atoms with E-state index in [1.54, 1.807) is 9.58 Å². The summed E-state index contributed by atoms with van der Waals surface area (Å²) in [6.07, 6.45) is 0.838. The van der Waals surface area contributed by atoms with Crippen molar-refractivity contribution in [2.75, 3.05) is 13.1 Å². The second-order valence-electron chi connectivity index (χ2n) is 5.22. The molecule has 0 saturated carbocycles. The van der Waals surface area contributed by atoms with E-state index in [9.17, 15) is 4.79 Å². The van der Waals surface area contributed by atoms with E-state index in [-0.39, 0.29) is 11.9 Å². The maximum absolute atomic E-state index is 12.5. The number of amides is 1. The average molecular weight is 350 g/mol. The van der Waals surface area contributed by atoms with Crippen LogP contribution in [0.1, 0.15) is 22.6 Å². The zero-order valence-electron chi connectivity index (χ0n) is 11.7. The fourth-order valence-electron chi connectivity index (χ4n) is 2.50. The van der Waals surface area contributed by atoms with Gasteiger partial charge in [-0.2, -0.15) is 0 Å². The Labute approximate surface area is 131 Å². The molecule has 0 spiro atoms. The highest BCUT2D eigenvalue weighted by Gasteiger charge is 2.28. The van der Waals surface area contributed by atoms with Gasteiger partial charge in [-0.1, -0.05) is 27.2 Å². The third-order valence-electron chi connectivity index (χ3n) is 3.66. The molecule has 1 aliphatic heterocycles. The first-order chi connectivity index (χ1) is 10.1. The quantitative estimate of drug-likeness (QED) is 0.891. The second-order valence-corrected chi connectivity index (χ2v) is 6.13. The monoisotopic (exact) mass is 349 g/mol. The lowest BCUT2D eigenvalue weighted by molar-refractivity contribution is 0.0784. The number of carbonyl (C=O) groups excluding carboxylic acids is 1. The molecule has 1 aliphatic rings. The standard InChI is InChI=1S/C14H16BrN5O/c1-9-13(14(21)19-6-5-11(16)8-19)17-18-20(9)12-4-2-3-10(15)7-12/h2-4,7,11H,5-6,8,16H2,1H3/t11-/m0/s1. The van der Waals surface area contributed by atoms with Crippen LogP contribution in [0.15, 0.2) is 28.7 Å². The summed E-state index contributed by atoms with van der Waals surface area (Å²) in [7, 11) is 0. The highest BCUT2D eigenvalue weighted by Crippen LogP contribution is 2.19. The third kappa shape index (κ3) is 2.71. The van der Waals surface area contributed by atoms with E-state index in [0.29, 0.717) is 18.8 Å². The van der Waals surface area contributed by atoms with Crippen LogP contribution < -0.4 is 5.73 Å². The van der Waals surface area contributed by atoms with Crippen molar-refractivity contribution in [2.24, 2.45) is 5.73 Å². The lowest BCUT2D eigenvalue weighted by atomic mass is 10.2. The molecule has 1 aromatic heterocycles. The molecule has 0 unspecified atom stereocenters. The molecule has 1 atom stereocenters. The predicted octanol–water partition coefficient (Wildman–Crippen LogP) is 1.51. The van der Waals surface area contributed by atoms with E-state index >= 15 is 0 Å². The van der Waals surface area contributed by atoms with Gasteiger partial charge in [-0.15, -0.1) is 5.10 Å². The fourth-order valence-corrected chi connectivity index (χ4v) is 2.89. The third-order valence-corrected chi connectivity index (χ3v) is 4.16. The van der Waals surface area contributed by atoms with Crippen LogP contribution >= 0.6 is 15.9 Å². The Kier molecular flexibility index (Phi) is 3.77. The lowest BCUT2D eigenvalue weighted by Crippen LogP contribution is -2.32. The molecule has 110 valence electrons. The molecule has 0 aliphatic carbocycles. The van der Waals surface area contributed by atoms with Crippen molar-refractivity contribution in [3.05, 3.63) is 40.1 Å². The Morgan fingerprint density at radius 3 is 2.95 bits per heavy atom. The Hall–Kier alpha value is -1.73. The van der Waals surface area contributed by atoms with Gasteiger partial charge >= 0.3 is 0 Å². The smallest absolute Gasteiger partial charge is 0.276 e. The minimum Gasteiger partial charge on any atom is -0.336 e. The van der Waals surface area contributed by atoms with Gasteiger partial charge in [0.05, 0.1) is 11.4 Å². The van der Waals surface area contributed by atoms with Crippen LogP contribution in [0.3, 0.4) is 0 Å². The van der Waals surface area contributed by atoms with Gasteiger partial charge in [0.15, 0.2) is 5.69 Å². The number of benzene rings is 1. The van der Waals surface area contributed by atoms with Gasteiger partial charge in [-0.3, -0.25) is 4.79 Å². The van der Waals surface area contributed by atoms with Crippen LogP contribution in [0.4, 0.5) is 0 Å². The van der Waals surface area contributed by atoms with Crippen molar-refractivity contribution >= 4 is 21.8 Å². The fraction of sp³-hybridized carbons (Fsp3) is 0.357. The number of halogens is 1. The molecule has 2 aromatic rings. The van der Waals surface area contributed by atoms with E-state index in [1.807, 2.05) is 31.2 Å². The van der Waals surface area contributed by atoms with Gasteiger partial charge in [-0.05, 0) is 31.5 Å². The van der Waals surface area contributed by atoms with Gasteiger partial charge in [-0.25, -0.2) is 4.68 Å². The molecule has 1 saturated heterocycles. The molecule has 3 rings (SSSR count). The normalized spacial score (nSPS) is 18.2. The molecule has 2 heterocycles. The zero-order valence-corrected chi connectivity index (χ0v) is 13.2. The summed E-state index contributed by atoms with van der Waals surface area (Å²) in [5.41, 5.74) is 7.85. The topological polar surface area (TPSA) is 77.0 Å². The molecule has 1 amide bonds. The Bertz CT molecular complexity index is 684. The van der Waals surface area contributed by atoms with Gasteiger partial charge in [0, 0.05) is 23.6 Å². The predicted molar refractivity (Wildman–Crippen MR) is 82.3 cm³/mol. The number of rotatable bonds is 2. The molecule has 0 radical (unpaired) electrons. The van der Waals surface area contributed by atoms with Crippen LogP contribution in [-0.2, 0) is 0 Å². The first-order valence-electron chi connectivity index (χ1n) is 6.79. The summed E-state index contributed by atoms with van der Waals surface area (Å²) >= 11 is 3.43. The second kappa shape index (κ2) is 5.57. The Morgan fingerprint density at radius 2 is 2.29 bits per heavy atom. The summed E-state index contributed by atoms with van der Waals surface area (Å²) < 4.78 is 2.63. The molecule has 1 aromatic carbocycles. The van der Waals surface area contributed by atoms with Crippen LogP contribution in [0.5, 0.6) is 0 Å². The van der Waals surface area contributed by atoms with Crippen LogP contribution in [0.25, 0.3) is 5.69 Å². The molecule has 6 nitrogen and oxygen atoms in total. The number of nitrogens with two attached hydrogens (primary N) is 1. The number of hydrogen-bond donors (Lipinski definition) is 1. The minimum atomic E-state index is -0.0957. The molecule has 1 fully saturated rings. The number of aromatic nitrogens is 3. The van der Waals surface area contributed by atoms with Crippen molar-refractivity contribution < 1.29 is 4.79 Å². The number of carbonyl (C=O) groups is 1. The average Bonchev–Trinajstić information content (AvgIpc) is 3.04. The SMILES string of the molecule is Cc1c(C(=O)N2CC[C@H](N)C2)nnn1-c1cccc(Br)c1. The van der Waals surface area contributed by atoms with Gasteiger partial charge in [0.2, 0.25) is 0 Å². The van der Waals surface area contributed by atoms with Crippen molar-refractivity contribution in [1.29, 1.82) is 0 Å². The summed E-state index contributed by atoms with van der Waals surface area (Å²) in [4.78, 5) is 14.2. The van der Waals surface area contributed by atoms with Gasteiger partial charge in [0.1, 0.15) is 0 Å². The lowest BCUT2D eigenvalue weighted by Gasteiger charge is -2.14. The van der Waals surface area contributed by atoms with Gasteiger partial charge in [0.25, 0.3) is 5.91 Å². The van der Waals surface area contributed by atoms with E-state index in [4.69, 9.17) is 5.73 Å². The van der Waals surface area contributed by atoms with Crippen LogP contribution in [-0.4, -0.2) is 44.9 Å². The van der Waals surface area contributed by atoms with E-state index in [2.05, 4.69) is 26.2 Å². The summed E-state index contributed by atoms with van der Waals surface area (Å²) in [6, 6.07) is 7.78. The summed E-state index contributed by atoms with van der Waals surface area (Å²) in [5.74, 6) is -0.0957. The van der Waals surface area contributed by atoms with Crippen molar-refractivity contribution in [2.45, 2.75) is 19.4 Å². The molecule has 7 heteroatoms. The van der Waals surface area contributed by atoms with E-state index in [1.165, 1.54) is 0 Å². The van der Waals surface area contributed by atoms with Crippen LogP contribution in [0.2, 0.25) is 0 Å². The first kappa shape index (κ1) is 14.2. The Balaban J connectivity index is 1.91. The van der Waals surface area contributed by atoms with Crippen LogP contribution in [0, 0.1) is 6.92 Å². The number of hydrogen-bond acceptors (Lipinski definition) is 4. The highest BCUT2D eigenvalue weighted by molar-refractivity contribution is 9.10. The molecule has 0 bridgehead atoms. The van der Waals surface area contributed by atoms with Gasteiger partial charge < -0.3 is 10.6 Å². The first-order valence-corrected chi connectivity index (χ1v) is 7.58. The van der Waals surface area contributed by atoms with Crippen molar-refractivity contribution in [3.8, 4) is 5.69 Å². The van der Waals surface area contributed by atoms with Crippen molar-refractivity contribution in [3.63, 3.8) is 0 Å². The summed E-state index contributed by atoms with van der Waals surface area (Å²) in [5, 5.41) is 8.16.